The Morgan fingerprint density at radius 3 is 2.04 bits per heavy atom. The molecule has 0 aliphatic carbocycles. The first kappa shape index (κ1) is 42.0. The van der Waals surface area contributed by atoms with Gasteiger partial charge in [0.2, 0.25) is 11.8 Å². The first-order valence-electron chi connectivity index (χ1n) is 16.9. The molecule has 270 valence electrons. The average Bonchev–Trinajstić information content (AvgIpc) is 2.95. The van der Waals surface area contributed by atoms with Crippen molar-refractivity contribution in [2.24, 2.45) is 35.3 Å². The van der Waals surface area contributed by atoms with Gasteiger partial charge in [0, 0.05) is 38.5 Å². The number of methoxy groups -OCH3 is 2. The normalized spacial score (nSPS) is 15.1. The summed E-state index contributed by atoms with van der Waals surface area (Å²) >= 11 is 0. The van der Waals surface area contributed by atoms with Crippen LogP contribution in [0, 0.1) is 29.6 Å². The molecule has 0 heterocycles. The Morgan fingerprint density at radius 2 is 1.53 bits per heavy atom. The predicted molar refractivity (Wildman–Crippen MR) is 184 cm³/mol. The number of hydrogen-bond donors (Lipinski definition) is 4. The lowest BCUT2D eigenvalue weighted by Gasteiger charge is -2.33. The van der Waals surface area contributed by atoms with Crippen LogP contribution in [0.2, 0.25) is 0 Å². The van der Waals surface area contributed by atoms with Crippen LogP contribution in [0.1, 0.15) is 93.6 Å². The van der Waals surface area contributed by atoms with Gasteiger partial charge < -0.3 is 40.4 Å². The highest BCUT2D eigenvalue weighted by Crippen LogP contribution is 2.32. The van der Waals surface area contributed by atoms with Gasteiger partial charge in [-0.2, -0.15) is 0 Å². The molecular weight excluding hydrogens is 602 g/mol. The van der Waals surface area contributed by atoms with Crippen LogP contribution in [0.3, 0.4) is 0 Å². The van der Waals surface area contributed by atoms with E-state index in [1.165, 1.54) is 0 Å². The SMILES string of the molecule is COCCCOc1cc(C[C@@H](C[C@H](NC(=O)OC(C)(C)C)[C@@H](O)C[C@H](C(=O)N[C@H](CC(N)=O)C(C)C)C(C)C)C(C)C)ccc1OC. The summed E-state index contributed by atoms with van der Waals surface area (Å²) in [5, 5.41) is 17.6. The molecule has 0 aliphatic rings. The molecule has 11 nitrogen and oxygen atoms in total. The Kier molecular flexibility index (Phi) is 18.2. The minimum atomic E-state index is -1.05. The fourth-order valence-corrected chi connectivity index (χ4v) is 5.40. The first-order valence-corrected chi connectivity index (χ1v) is 16.9. The van der Waals surface area contributed by atoms with E-state index in [2.05, 4.69) is 24.5 Å². The van der Waals surface area contributed by atoms with Crippen molar-refractivity contribution >= 4 is 17.9 Å². The summed E-state index contributed by atoms with van der Waals surface area (Å²) in [4.78, 5) is 38.2. The van der Waals surface area contributed by atoms with Gasteiger partial charge in [-0.05, 0) is 81.4 Å². The Balaban J connectivity index is 3.30. The molecule has 0 radical (unpaired) electrons. The molecule has 0 aromatic heterocycles. The van der Waals surface area contributed by atoms with Gasteiger partial charge in [0.15, 0.2) is 11.5 Å². The number of nitrogens with one attached hydrogen (secondary N) is 2. The number of hydrogen-bond acceptors (Lipinski definition) is 8. The van der Waals surface area contributed by atoms with Crippen LogP contribution in [0.15, 0.2) is 18.2 Å². The number of nitrogens with two attached hydrogens (primary N) is 1. The van der Waals surface area contributed by atoms with Gasteiger partial charge in [0.05, 0.1) is 25.9 Å². The summed E-state index contributed by atoms with van der Waals surface area (Å²) in [6.45, 7) is 18.3. The maximum atomic E-state index is 13.5. The Hall–Kier alpha value is -3.05. The van der Waals surface area contributed by atoms with Gasteiger partial charge in [-0.15, -0.1) is 0 Å². The Labute approximate surface area is 283 Å². The highest BCUT2D eigenvalue weighted by molar-refractivity contribution is 5.81. The van der Waals surface area contributed by atoms with E-state index in [4.69, 9.17) is 24.7 Å². The second kappa shape index (κ2) is 20.3. The van der Waals surface area contributed by atoms with E-state index in [-0.39, 0.29) is 42.4 Å². The molecule has 0 unspecified atom stereocenters. The number of primary amides is 1. The van der Waals surface area contributed by atoms with E-state index in [1.807, 2.05) is 45.9 Å². The maximum absolute atomic E-state index is 13.5. The Bertz CT molecular complexity index is 1100. The molecule has 11 heteroatoms. The van der Waals surface area contributed by atoms with Crippen molar-refractivity contribution in [3.8, 4) is 11.5 Å². The molecule has 0 fully saturated rings. The average molecular weight is 666 g/mol. The van der Waals surface area contributed by atoms with Crippen LogP contribution < -0.4 is 25.8 Å². The summed E-state index contributed by atoms with van der Waals surface area (Å²) in [6.07, 6.45) is 0.300. The molecule has 3 amide bonds. The second-order valence-electron chi connectivity index (χ2n) is 14.6. The van der Waals surface area contributed by atoms with E-state index < -0.39 is 41.7 Å². The molecule has 1 rings (SSSR count). The van der Waals surface area contributed by atoms with Crippen molar-refractivity contribution in [3.05, 3.63) is 23.8 Å². The minimum absolute atomic E-state index is 0.00760. The summed E-state index contributed by atoms with van der Waals surface area (Å²) in [7, 11) is 3.26. The van der Waals surface area contributed by atoms with Crippen molar-refractivity contribution in [2.45, 2.75) is 118 Å². The highest BCUT2D eigenvalue weighted by Gasteiger charge is 2.34. The van der Waals surface area contributed by atoms with Crippen LogP contribution in [-0.2, 0) is 25.5 Å². The fourth-order valence-electron chi connectivity index (χ4n) is 5.40. The third kappa shape index (κ3) is 16.1. The number of benzene rings is 1. The lowest BCUT2D eigenvalue weighted by atomic mass is 9.80. The molecule has 47 heavy (non-hydrogen) atoms. The molecule has 0 aliphatic heterocycles. The monoisotopic (exact) mass is 665 g/mol. The molecule has 1 aromatic carbocycles. The van der Waals surface area contributed by atoms with Gasteiger partial charge >= 0.3 is 6.09 Å². The number of amides is 3. The lowest BCUT2D eigenvalue weighted by Crippen LogP contribution is -2.50. The zero-order chi connectivity index (χ0) is 35.9. The van der Waals surface area contributed by atoms with Crippen LogP contribution in [0.5, 0.6) is 11.5 Å². The summed E-state index contributed by atoms with van der Waals surface area (Å²) in [5.41, 5.74) is 5.74. The predicted octanol–water partition coefficient (Wildman–Crippen LogP) is 5.25. The second-order valence-corrected chi connectivity index (χ2v) is 14.6. The molecule has 5 atom stereocenters. The van der Waals surface area contributed by atoms with Crippen LogP contribution in [-0.4, -0.2) is 74.2 Å². The van der Waals surface area contributed by atoms with Gasteiger partial charge in [-0.25, -0.2) is 4.79 Å². The standard InChI is InChI=1S/C36H63N3O8/c1-22(2)26(17-25-13-14-31(45-11)32(18-25)46-16-12-15-44-10)19-29(39-35(43)47-36(7,8)9)30(40)20-27(23(3)4)34(42)38-28(24(5)6)21-33(37)41/h13-14,18,22-24,26-30,40H,12,15-17,19-21H2,1-11H3,(H2,37,41)(H,38,42)(H,39,43)/t26-,27-,28+,29-,30-/m0/s1. The molecule has 1 aromatic rings. The number of aliphatic hydroxyl groups is 1. The lowest BCUT2D eigenvalue weighted by molar-refractivity contribution is -0.129. The Morgan fingerprint density at radius 1 is 0.872 bits per heavy atom. The van der Waals surface area contributed by atoms with Crippen LogP contribution in [0.4, 0.5) is 4.79 Å². The number of aliphatic hydroxyl groups excluding tert-OH is 1. The molecule has 0 bridgehead atoms. The van der Waals surface area contributed by atoms with Crippen molar-refractivity contribution in [1.29, 1.82) is 0 Å². The van der Waals surface area contributed by atoms with Crippen LogP contribution >= 0.6 is 0 Å². The number of ether oxygens (including phenoxy) is 4. The molecule has 0 saturated heterocycles. The van der Waals surface area contributed by atoms with E-state index in [0.29, 0.717) is 37.6 Å². The number of carbonyl (C=O) groups is 3. The zero-order valence-electron chi connectivity index (χ0n) is 30.7. The summed E-state index contributed by atoms with van der Waals surface area (Å²) in [5.74, 6) is 0.0885. The highest BCUT2D eigenvalue weighted by atomic mass is 16.6. The van der Waals surface area contributed by atoms with E-state index in [1.54, 1.807) is 35.0 Å². The smallest absolute Gasteiger partial charge is 0.407 e. The molecular formula is C36H63N3O8. The van der Waals surface area contributed by atoms with Crippen molar-refractivity contribution in [3.63, 3.8) is 0 Å². The van der Waals surface area contributed by atoms with Crippen molar-refractivity contribution in [2.75, 3.05) is 27.4 Å². The van der Waals surface area contributed by atoms with Gasteiger partial charge in [0.25, 0.3) is 0 Å². The number of alkyl carbamates (subject to hydrolysis) is 1. The maximum Gasteiger partial charge on any atom is 0.407 e. The quantitative estimate of drug-likeness (QED) is 0.130. The third-order valence-electron chi connectivity index (χ3n) is 8.33. The molecule has 5 N–H and O–H groups in total. The van der Waals surface area contributed by atoms with Crippen LogP contribution in [0.25, 0.3) is 0 Å². The van der Waals surface area contributed by atoms with E-state index >= 15 is 0 Å². The molecule has 0 saturated carbocycles. The largest absolute Gasteiger partial charge is 0.493 e. The first-order chi connectivity index (χ1) is 21.9. The number of rotatable bonds is 21. The number of carbonyl (C=O) groups excluding carboxylic acids is 3. The zero-order valence-corrected chi connectivity index (χ0v) is 30.7. The van der Waals surface area contributed by atoms with E-state index in [0.717, 1.165) is 12.0 Å². The minimum Gasteiger partial charge on any atom is -0.493 e. The van der Waals surface area contributed by atoms with Gasteiger partial charge in [0.1, 0.15) is 5.60 Å². The summed E-state index contributed by atoms with van der Waals surface area (Å²) in [6, 6.07) is 4.75. The summed E-state index contributed by atoms with van der Waals surface area (Å²) < 4.78 is 22.2. The van der Waals surface area contributed by atoms with Gasteiger partial charge in [-0.3, -0.25) is 9.59 Å². The van der Waals surface area contributed by atoms with Gasteiger partial charge in [-0.1, -0.05) is 47.6 Å². The third-order valence-corrected chi connectivity index (χ3v) is 8.33. The van der Waals surface area contributed by atoms with Crippen molar-refractivity contribution < 1.29 is 38.4 Å². The van der Waals surface area contributed by atoms with E-state index in [9.17, 15) is 19.5 Å². The van der Waals surface area contributed by atoms with Crippen molar-refractivity contribution in [1.82, 2.24) is 10.6 Å². The topological polar surface area (TPSA) is 158 Å². The fraction of sp³-hybridized carbons (Fsp3) is 0.750. The molecule has 0 spiro atoms.